The summed E-state index contributed by atoms with van der Waals surface area (Å²) in [4.78, 5) is 13.9. The third-order valence-corrected chi connectivity index (χ3v) is 4.70. The summed E-state index contributed by atoms with van der Waals surface area (Å²) in [5.74, 6) is -0.206. The normalized spacial score (nSPS) is 19.0. The Labute approximate surface area is 136 Å². The third-order valence-electron chi connectivity index (χ3n) is 4.70. The van der Waals surface area contributed by atoms with Crippen molar-refractivity contribution in [3.05, 3.63) is 35.6 Å². The fourth-order valence-electron chi connectivity index (χ4n) is 2.94. The first-order valence-corrected chi connectivity index (χ1v) is 8.28. The highest BCUT2D eigenvalue weighted by atomic mass is 19.1. The Balaban J connectivity index is 1.85. The van der Waals surface area contributed by atoms with Crippen LogP contribution in [0.25, 0.3) is 0 Å². The number of hydrogen-bond acceptors (Lipinski definition) is 3. The Morgan fingerprint density at radius 2 is 1.78 bits per heavy atom. The van der Waals surface area contributed by atoms with Gasteiger partial charge in [-0.25, -0.2) is 4.39 Å². The molecule has 1 saturated heterocycles. The summed E-state index contributed by atoms with van der Waals surface area (Å²) in [7, 11) is 0. The second-order valence-electron chi connectivity index (χ2n) is 6.73. The van der Waals surface area contributed by atoms with Crippen LogP contribution in [-0.2, 0) is 4.79 Å². The number of likely N-dealkylation sites (tertiary alicyclic amines) is 1. The lowest BCUT2D eigenvalue weighted by molar-refractivity contribution is -0.135. The molecule has 5 heteroatoms. The molecule has 128 valence electrons. The van der Waals surface area contributed by atoms with Crippen LogP contribution in [0.1, 0.15) is 44.8 Å². The van der Waals surface area contributed by atoms with Gasteiger partial charge in [0.05, 0.1) is 18.6 Å². The number of amides is 1. The van der Waals surface area contributed by atoms with Gasteiger partial charge in [0, 0.05) is 13.1 Å². The molecule has 0 saturated carbocycles. The molecule has 2 atom stereocenters. The molecule has 1 aliphatic rings. The van der Waals surface area contributed by atoms with Crippen LogP contribution in [0, 0.1) is 17.7 Å². The lowest BCUT2D eigenvalue weighted by Gasteiger charge is -2.35. The fourth-order valence-corrected chi connectivity index (χ4v) is 2.94. The van der Waals surface area contributed by atoms with Gasteiger partial charge < -0.3 is 15.1 Å². The van der Waals surface area contributed by atoms with Crippen LogP contribution in [0.4, 0.5) is 4.39 Å². The second-order valence-corrected chi connectivity index (χ2v) is 6.73. The van der Waals surface area contributed by atoms with E-state index in [2.05, 4.69) is 0 Å². The molecule has 0 bridgehead atoms. The van der Waals surface area contributed by atoms with Crippen molar-refractivity contribution in [2.45, 2.75) is 45.3 Å². The number of carbonyl (C=O) groups is 1. The molecule has 23 heavy (non-hydrogen) atoms. The van der Waals surface area contributed by atoms with E-state index in [1.807, 2.05) is 13.8 Å². The van der Waals surface area contributed by atoms with E-state index in [0.29, 0.717) is 31.5 Å². The Hall–Kier alpha value is -1.46. The van der Waals surface area contributed by atoms with Crippen LogP contribution in [0.15, 0.2) is 24.3 Å². The summed E-state index contributed by atoms with van der Waals surface area (Å²) < 4.78 is 12.9. The van der Waals surface area contributed by atoms with Gasteiger partial charge in [-0.3, -0.25) is 4.79 Å². The SMILES string of the molecule is CC(C)C(O)CC(=O)N1CCC(C(O)c2ccc(F)cc2)CC1. The molecular formula is C18H26FNO3. The number of halogens is 1. The average Bonchev–Trinajstić information content (AvgIpc) is 2.55. The summed E-state index contributed by atoms with van der Waals surface area (Å²) in [6.07, 6.45) is 0.339. The zero-order valence-electron chi connectivity index (χ0n) is 13.8. The van der Waals surface area contributed by atoms with E-state index >= 15 is 0 Å². The molecule has 0 radical (unpaired) electrons. The zero-order chi connectivity index (χ0) is 17.0. The third kappa shape index (κ3) is 4.75. The molecule has 2 unspecified atom stereocenters. The number of carbonyl (C=O) groups excluding carboxylic acids is 1. The number of rotatable bonds is 5. The number of aliphatic hydroxyl groups excluding tert-OH is 2. The average molecular weight is 323 g/mol. The molecule has 0 aliphatic carbocycles. The molecule has 1 heterocycles. The van der Waals surface area contributed by atoms with Crippen LogP contribution in [-0.4, -0.2) is 40.2 Å². The Morgan fingerprint density at radius 1 is 1.22 bits per heavy atom. The van der Waals surface area contributed by atoms with E-state index in [4.69, 9.17) is 0 Å². The first kappa shape index (κ1) is 17.9. The van der Waals surface area contributed by atoms with Gasteiger partial charge >= 0.3 is 0 Å². The minimum Gasteiger partial charge on any atom is -0.392 e. The van der Waals surface area contributed by atoms with Crippen LogP contribution >= 0.6 is 0 Å². The number of nitrogens with zero attached hydrogens (tertiary/aromatic N) is 1. The van der Waals surface area contributed by atoms with Crippen LogP contribution in [0.5, 0.6) is 0 Å². The predicted molar refractivity (Wildman–Crippen MR) is 86.1 cm³/mol. The van der Waals surface area contributed by atoms with Gasteiger partial charge in [0.2, 0.25) is 5.91 Å². The molecule has 2 rings (SSSR count). The zero-order valence-corrected chi connectivity index (χ0v) is 13.8. The summed E-state index contributed by atoms with van der Waals surface area (Å²) in [5, 5.41) is 20.2. The minimum atomic E-state index is -0.630. The first-order valence-electron chi connectivity index (χ1n) is 8.28. The monoisotopic (exact) mass is 323 g/mol. The number of benzene rings is 1. The van der Waals surface area contributed by atoms with Gasteiger partial charge in [-0.15, -0.1) is 0 Å². The van der Waals surface area contributed by atoms with Crippen molar-refractivity contribution in [1.29, 1.82) is 0 Å². The summed E-state index contributed by atoms with van der Waals surface area (Å²) in [6, 6.07) is 5.92. The summed E-state index contributed by atoms with van der Waals surface area (Å²) in [6.45, 7) is 4.96. The quantitative estimate of drug-likeness (QED) is 0.875. The van der Waals surface area contributed by atoms with Crippen molar-refractivity contribution in [2.75, 3.05) is 13.1 Å². The summed E-state index contributed by atoms with van der Waals surface area (Å²) in [5.41, 5.74) is 0.714. The van der Waals surface area contributed by atoms with Crippen LogP contribution in [0.3, 0.4) is 0 Å². The highest BCUT2D eigenvalue weighted by Gasteiger charge is 2.29. The van der Waals surface area contributed by atoms with Crippen molar-refractivity contribution in [1.82, 2.24) is 4.90 Å². The first-order chi connectivity index (χ1) is 10.9. The van der Waals surface area contributed by atoms with Gasteiger partial charge in [-0.2, -0.15) is 0 Å². The maximum atomic E-state index is 12.9. The van der Waals surface area contributed by atoms with E-state index in [9.17, 15) is 19.4 Å². The standard InChI is InChI=1S/C18H26FNO3/c1-12(2)16(21)11-17(22)20-9-7-14(8-10-20)18(23)13-3-5-15(19)6-4-13/h3-6,12,14,16,18,21,23H,7-11H2,1-2H3. The lowest BCUT2D eigenvalue weighted by atomic mass is 9.87. The molecule has 4 nitrogen and oxygen atoms in total. The Bertz CT molecular complexity index is 510. The maximum absolute atomic E-state index is 12.9. The molecular weight excluding hydrogens is 297 g/mol. The van der Waals surface area contributed by atoms with Crippen molar-refractivity contribution < 1.29 is 19.4 Å². The molecule has 1 amide bonds. The van der Waals surface area contributed by atoms with Crippen molar-refractivity contribution in [3.63, 3.8) is 0 Å². The van der Waals surface area contributed by atoms with Crippen LogP contribution < -0.4 is 0 Å². The lowest BCUT2D eigenvalue weighted by Crippen LogP contribution is -2.41. The van der Waals surface area contributed by atoms with Crippen LogP contribution in [0.2, 0.25) is 0 Å². The van der Waals surface area contributed by atoms with Gasteiger partial charge in [0.15, 0.2) is 0 Å². The highest BCUT2D eigenvalue weighted by molar-refractivity contribution is 5.76. The van der Waals surface area contributed by atoms with E-state index < -0.39 is 12.2 Å². The number of aliphatic hydroxyl groups is 2. The molecule has 1 aliphatic heterocycles. The highest BCUT2D eigenvalue weighted by Crippen LogP contribution is 2.31. The molecule has 2 N–H and O–H groups in total. The maximum Gasteiger partial charge on any atom is 0.225 e. The van der Waals surface area contributed by atoms with Gasteiger partial charge in [-0.1, -0.05) is 26.0 Å². The van der Waals surface area contributed by atoms with Gasteiger partial charge in [-0.05, 0) is 42.4 Å². The van der Waals surface area contributed by atoms with E-state index in [1.165, 1.54) is 12.1 Å². The Morgan fingerprint density at radius 3 is 2.30 bits per heavy atom. The predicted octanol–water partition coefficient (Wildman–Crippen LogP) is 2.50. The van der Waals surface area contributed by atoms with Gasteiger partial charge in [0.25, 0.3) is 0 Å². The molecule has 1 aromatic rings. The smallest absolute Gasteiger partial charge is 0.225 e. The largest absolute Gasteiger partial charge is 0.392 e. The molecule has 1 aromatic carbocycles. The van der Waals surface area contributed by atoms with E-state index in [1.54, 1.807) is 17.0 Å². The number of hydrogen-bond donors (Lipinski definition) is 2. The van der Waals surface area contributed by atoms with E-state index in [-0.39, 0.29) is 30.0 Å². The van der Waals surface area contributed by atoms with Crippen molar-refractivity contribution in [2.24, 2.45) is 11.8 Å². The fraction of sp³-hybridized carbons (Fsp3) is 0.611. The van der Waals surface area contributed by atoms with Crippen molar-refractivity contribution in [3.8, 4) is 0 Å². The molecule has 0 spiro atoms. The second kappa shape index (κ2) is 7.88. The molecule has 0 aromatic heterocycles. The minimum absolute atomic E-state index is 0.0269. The van der Waals surface area contributed by atoms with Gasteiger partial charge in [0.1, 0.15) is 5.82 Å². The number of piperidine rings is 1. The molecule has 1 fully saturated rings. The topological polar surface area (TPSA) is 60.8 Å². The summed E-state index contributed by atoms with van der Waals surface area (Å²) >= 11 is 0. The Kier molecular flexibility index (Phi) is 6.13. The van der Waals surface area contributed by atoms with Crippen molar-refractivity contribution >= 4 is 5.91 Å². The van der Waals surface area contributed by atoms with E-state index in [0.717, 1.165) is 0 Å².